The largest absolute Gasteiger partial charge is 0.416 e. The molecular formula is C15H21F3N2. The van der Waals surface area contributed by atoms with E-state index in [9.17, 15) is 13.2 Å². The summed E-state index contributed by atoms with van der Waals surface area (Å²) in [5, 5.41) is 3.38. The molecule has 1 aliphatic heterocycles. The first-order valence-electron chi connectivity index (χ1n) is 7.00. The minimum atomic E-state index is -4.29. The molecule has 2 rings (SSSR count). The Labute approximate surface area is 118 Å². The topological polar surface area (TPSA) is 15.3 Å². The molecule has 20 heavy (non-hydrogen) atoms. The van der Waals surface area contributed by atoms with E-state index >= 15 is 0 Å². The summed E-state index contributed by atoms with van der Waals surface area (Å²) in [6.45, 7) is 7.17. The van der Waals surface area contributed by atoms with Crippen LogP contribution in [0.15, 0.2) is 18.2 Å². The van der Waals surface area contributed by atoms with E-state index in [1.165, 1.54) is 13.0 Å². The second-order valence-electron chi connectivity index (χ2n) is 5.52. The van der Waals surface area contributed by atoms with Gasteiger partial charge in [-0.15, -0.1) is 0 Å². The van der Waals surface area contributed by atoms with E-state index in [1.54, 1.807) is 12.1 Å². The van der Waals surface area contributed by atoms with Crippen molar-refractivity contribution in [3.63, 3.8) is 0 Å². The van der Waals surface area contributed by atoms with Crippen LogP contribution in [0.3, 0.4) is 0 Å². The second-order valence-corrected chi connectivity index (χ2v) is 5.52. The highest BCUT2D eigenvalue weighted by atomic mass is 19.4. The summed E-state index contributed by atoms with van der Waals surface area (Å²) >= 11 is 0. The van der Waals surface area contributed by atoms with Crippen molar-refractivity contribution < 1.29 is 13.2 Å². The molecule has 0 saturated carbocycles. The number of anilines is 1. The third-order valence-corrected chi connectivity index (χ3v) is 3.94. The molecule has 0 spiro atoms. The molecule has 5 heteroatoms. The number of alkyl halides is 3. The first-order chi connectivity index (χ1) is 9.32. The molecule has 112 valence electrons. The van der Waals surface area contributed by atoms with Gasteiger partial charge in [0, 0.05) is 30.9 Å². The van der Waals surface area contributed by atoms with Gasteiger partial charge in [0.2, 0.25) is 0 Å². The standard InChI is InChI=1S/C15H21F3N2/c1-4-12-8-19-11(3)9-20(12)13-6-5-10(2)14(7-13)15(16,17)18/h5-7,11-12,19H,4,8-9H2,1-3H3. The number of hydrogen-bond acceptors (Lipinski definition) is 2. The highest BCUT2D eigenvalue weighted by Gasteiger charge is 2.34. The van der Waals surface area contributed by atoms with Crippen molar-refractivity contribution >= 4 is 5.69 Å². The highest BCUT2D eigenvalue weighted by molar-refractivity contribution is 5.53. The van der Waals surface area contributed by atoms with Crippen LogP contribution in [0.2, 0.25) is 0 Å². The normalized spacial score (nSPS) is 24.0. The van der Waals surface area contributed by atoms with Gasteiger partial charge in [-0.3, -0.25) is 0 Å². The lowest BCUT2D eigenvalue weighted by atomic mass is 10.0. The molecule has 0 amide bonds. The number of rotatable bonds is 2. The van der Waals surface area contributed by atoms with Crippen LogP contribution in [0, 0.1) is 6.92 Å². The molecule has 2 nitrogen and oxygen atoms in total. The molecule has 0 bridgehead atoms. The molecule has 1 heterocycles. The average molecular weight is 286 g/mol. The lowest BCUT2D eigenvalue weighted by molar-refractivity contribution is -0.138. The third-order valence-electron chi connectivity index (χ3n) is 3.94. The van der Waals surface area contributed by atoms with E-state index in [2.05, 4.69) is 24.1 Å². The number of aryl methyl sites for hydroxylation is 1. The smallest absolute Gasteiger partial charge is 0.366 e. The number of benzene rings is 1. The van der Waals surface area contributed by atoms with Crippen LogP contribution in [-0.2, 0) is 6.18 Å². The number of halogens is 3. The molecule has 2 unspecified atom stereocenters. The summed E-state index contributed by atoms with van der Waals surface area (Å²) in [6.07, 6.45) is -3.38. The Morgan fingerprint density at radius 3 is 2.65 bits per heavy atom. The minimum absolute atomic E-state index is 0.245. The maximum absolute atomic E-state index is 13.0. The highest BCUT2D eigenvalue weighted by Crippen LogP contribution is 2.35. The molecular weight excluding hydrogens is 265 g/mol. The summed E-state index contributed by atoms with van der Waals surface area (Å²) in [5.74, 6) is 0. The zero-order valence-electron chi connectivity index (χ0n) is 12.1. The van der Waals surface area contributed by atoms with Gasteiger partial charge in [-0.05, 0) is 38.0 Å². The summed E-state index contributed by atoms with van der Waals surface area (Å²) in [4.78, 5) is 2.09. The van der Waals surface area contributed by atoms with Crippen molar-refractivity contribution in [3.8, 4) is 0 Å². The van der Waals surface area contributed by atoms with Crippen molar-refractivity contribution in [3.05, 3.63) is 29.3 Å². The number of nitrogens with zero attached hydrogens (tertiary/aromatic N) is 1. The molecule has 1 aromatic rings. The zero-order valence-corrected chi connectivity index (χ0v) is 12.1. The van der Waals surface area contributed by atoms with Gasteiger partial charge in [0.05, 0.1) is 5.56 Å². The first kappa shape index (κ1) is 15.2. The van der Waals surface area contributed by atoms with E-state index in [-0.39, 0.29) is 17.6 Å². The molecule has 0 radical (unpaired) electrons. The van der Waals surface area contributed by atoms with E-state index in [0.717, 1.165) is 19.5 Å². The Morgan fingerprint density at radius 1 is 1.35 bits per heavy atom. The lowest BCUT2D eigenvalue weighted by Gasteiger charge is -2.41. The van der Waals surface area contributed by atoms with Crippen molar-refractivity contribution in [1.29, 1.82) is 0 Å². The molecule has 0 aliphatic carbocycles. The predicted octanol–water partition coefficient (Wildman–Crippen LogP) is 3.59. The maximum Gasteiger partial charge on any atom is 0.416 e. The van der Waals surface area contributed by atoms with Crippen LogP contribution in [0.1, 0.15) is 31.4 Å². The first-order valence-corrected chi connectivity index (χ1v) is 7.00. The van der Waals surface area contributed by atoms with Gasteiger partial charge in [0.15, 0.2) is 0 Å². The number of piperazine rings is 1. The van der Waals surface area contributed by atoms with Gasteiger partial charge < -0.3 is 10.2 Å². The van der Waals surface area contributed by atoms with Crippen LogP contribution in [-0.4, -0.2) is 25.2 Å². The van der Waals surface area contributed by atoms with E-state index in [0.29, 0.717) is 5.69 Å². The maximum atomic E-state index is 13.0. The Kier molecular flexibility index (Phi) is 4.28. The van der Waals surface area contributed by atoms with Crippen LogP contribution in [0.25, 0.3) is 0 Å². The van der Waals surface area contributed by atoms with Crippen molar-refractivity contribution in [1.82, 2.24) is 5.32 Å². The summed E-state index contributed by atoms with van der Waals surface area (Å²) in [5.41, 5.74) is 0.414. The third kappa shape index (κ3) is 3.08. The van der Waals surface area contributed by atoms with Crippen LogP contribution in [0.5, 0.6) is 0 Å². The van der Waals surface area contributed by atoms with Crippen molar-refractivity contribution in [2.45, 2.75) is 45.5 Å². The molecule has 1 N–H and O–H groups in total. The van der Waals surface area contributed by atoms with E-state index in [1.807, 2.05) is 0 Å². The monoisotopic (exact) mass is 286 g/mol. The van der Waals surface area contributed by atoms with Crippen molar-refractivity contribution in [2.75, 3.05) is 18.0 Å². The van der Waals surface area contributed by atoms with Crippen molar-refractivity contribution in [2.24, 2.45) is 0 Å². The summed E-state index contributed by atoms with van der Waals surface area (Å²) in [7, 11) is 0. The Balaban J connectivity index is 2.36. The second kappa shape index (κ2) is 5.64. The summed E-state index contributed by atoms with van der Waals surface area (Å²) in [6, 6.07) is 5.18. The fourth-order valence-corrected chi connectivity index (χ4v) is 2.73. The molecule has 2 atom stereocenters. The minimum Gasteiger partial charge on any atom is -0.366 e. The predicted molar refractivity (Wildman–Crippen MR) is 75.1 cm³/mol. The van der Waals surface area contributed by atoms with Gasteiger partial charge in [0.25, 0.3) is 0 Å². The van der Waals surface area contributed by atoms with Gasteiger partial charge in [0.1, 0.15) is 0 Å². The Hall–Kier alpha value is -1.23. The number of nitrogens with one attached hydrogen (secondary N) is 1. The van der Waals surface area contributed by atoms with Gasteiger partial charge in [-0.2, -0.15) is 13.2 Å². The fraction of sp³-hybridized carbons (Fsp3) is 0.600. The van der Waals surface area contributed by atoms with Crippen LogP contribution < -0.4 is 10.2 Å². The van der Waals surface area contributed by atoms with Gasteiger partial charge >= 0.3 is 6.18 Å². The quantitative estimate of drug-likeness (QED) is 0.894. The SMILES string of the molecule is CCC1CNC(C)CN1c1ccc(C)c(C(F)(F)F)c1. The van der Waals surface area contributed by atoms with Gasteiger partial charge in [-0.25, -0.2) is 0 Å². The molecule has 0 aromatic heterocycles. The molecule has 1 aliphatic rings. The van der Waals surface area contributed by atoms with Crippen LogP contribution in [0.4, 0.5) is 18.9 Å². The zero-order chi connectivity index (χ0) is 14.9. The summed E-state index contributed by atoms with van der Waals surface area (Å²) < 4.78 is 39.1. The Morgan fingerprint density at radius 2 is 2.05 bits per heavy atom. The molecule has 1 aromatic carbocycles. The lowest BCUT2D eigenvalue weighted by Crippen LogP contribution is -2.55. The van der Waals surface area contributed by atoms with E-state index < -0.39 is 11.7 Å². The van der Waals surface area contributed by atoms with E-state index in [4.69, 9.17) is 0 Å². The van der Waals surface area contributed by atoms with Crippen LogP contribution >= 0.6 is 0 Å². The molecule has 1 saturated heterocycles. The Bertz CT molecular complexity index is 471. The fourth-order valence-electron chi connectivity index (χ4n) is 2.73. The van der Waals surface area contributed by atoms with Gasteiger partial charge in [-0.1, -0.05) is 13.0 Å². The molecule has 1 fully saturated rings. The number of hydrogen-bond donors (Lipinski definition) is 1. The average Bonchev–Trinajstić information content (AvgIpc) is 2.38.